The van der Waals surface area contributed by atoms with Crippen LogP contribution in [-0.4, -0.2) is 36.0 Å². The van der Waals surface area contributed by atoms with Crippen LogP contribution in [0.1, 0.15) is 58.1 Å². The molecule has 1 aliphatic carbocycles. The van der Waals surface area contributed by atoms with Crippen molar-refractivity contribution in [1.82, 2.24) is 30.0 Å². The molecule has 0 radical (unpaired) electrons. The molecular weight excluding hydrogens is 471 g/mol. The average molecular weight is 493 g/mol. The van der Waals surface area contributed by atoms with Gasteiger partial charge in [-0.25, -0.2) is 15.0 Å². The predicted octanol–water partition coefficient (Wildman–Crippen LogP) is 4.31. The predicted molar refractivity (Wildman–Crippen MR) is 126 cm³/mol. The number of aryl methyl sites for hydroxylation is 1. The normalized spacial score (nSPS) is 14.0. The first-order valence-corrected chi connectivity index (χ1v) is 11.4. The van der Waals surface area contributed by atoms with E-state index in [4.69, 9.17) is 5.73 Å². The lowest BCUT2D eigenvalue weighted by Crippen LogP contribution is -2.34. The van der Waals surface area contributed by atoms with Gasteiger partial charge >= 0.3 is 6.18 Å². The van der Waals surface area contributed by atoms with Crippen molar-refractivity contribution in [1.29, 1.82) is 0 Å². The number of carbonyl (C=O) groups excluding carboxylic acids is 1. The highest BCUT2D eigenvalue weighted by molar-refractivity contribution is 5.99. The molecular formula is C25H22F3N7O. The molecule has 3 aromatic heterocycles. The van der Waals surface area contributed by atoms with Crippen LogP contribution in [0, 0.1) is 0 Å². The van der Waals surface area contributed by atoms with E-state index in [0.29, 0.717) is 22.7 Å². The zero-order chi connectivity index (χ0) is 25.4. The average Bonchev–Trinajstić information content (AvgIpc) is 3.38. The van der Waals surface area contributed by atoms with Gasteiger partial charge in [-0.15, -0.1) is 5.10 Å². The van der Waals surface area contributed by atoms with Gasteiger partial charge in [0.2, 0.25) is 0 Å². The first kappa shape index (κ1) is 23.6. The Hall–Kier alpha value is -4.15. The number of nitrogen functional groups attached to an aromatic ring is 1. The van der Waals surface area contributed by atoms with Gasteiger partial charge in [0.1, 0.15) is 11.6 Å². The number of fused-ring (bicyclic) bond motifs is 3. The number of rotatable bonds is 5. The molecule has 0 spiro atoms. The van der Waals surface area contributed by atoms with Crippen molar-refractivity contribution in [2.75, 3.05) is 5.73 Å². The Morgan fingerprint density at radius 1 is 1.08 bits per heavy atom. The van der Waals surface area contributed by atoms with Gasteiger partial charge in [-0.3, -0.25) is 4.79 Å². The van der Waals surface area contributed by atoms with E-state index < -0.39 is 17.9 Å². The standard InChI is InChI=1S/C25H22F3N7O/c1-14(23-30-10-3-11-31-23)35(13-16-7-9-21(34-33-16)25(26,27)28)24(36)15-6-8-20-19(12-15)17-4-2-5-18(17)22(29)32-20/h3,6-12,14H,2,4-5,13H2,1H3,(H2,29,32). The fourth-order valence-electron chi connectivity index (χ4n) is 4.52. The summed E-state index contributed by atoms with van der Waals surface area (Å²) in [6.45, 7) is 1.67. The zero-order valence-corrected chi connectivity index (χ0v) is 19.3. The minimum atomic E-state index is -4.60. The summed E-state index contributed by atoms with van der Waals surface area (Å²) in [6, 6.07) is 8.37. The number of carbonyl (C=O) groups is 1. The van der Waals surface area contributed by atoms with Crippen LogP contribution < -0.4 is 5.73 Å². The molecule has 1 aliphatic rings. The van der Waals surface area contributed by atoms with Gasteiger partial charge in [0.05, 0.1) is 23.8 Å². The lowest BCUT2D eigenvalue weighted by Gasteiger charge is -2.28. The molecule has 0 saturated carbocycles. The number of amides is 1. The Labute approximate surface area is 204 Å². The van der Waals surface area contributed by atoms with Gasteiger partial charge in [0.25, 0.3) is 5.91 Å². The summed E-state index contributed by atoms with van der Waals surface area (Å²) in [5, 5.41) is 7.88. The minimum absolute atomic E-state index is 0.0838. The number of hydrogen-bond donors (Lipinski definition) is 1. The molecule has 0 fully saturated rings. The van der Waals surface area contributed by atoms with Crippen molar-refractivity contribution in [3.63, 3.8) is 0 Å². The number of anilines is 1. The minimum Gasteiger partial charge on any atom is -0.383 e. The molecule has 3 heterocycles. The quantitative estimate of drug-likeness (QED) is 0.441. The largest absolute Gasteiger partial charge is 0.435 e. The molecule has 11 heteroatoms. The van der Waals surface area contributed by atoms with E-state index in [1.807, 2.05) is 0 Å². The Bertz CT molecular complexity index is 1430. The van der Waals surface area contributed by atoms with Gasteiger partial charge in [0.15, 0.2) is 5.69 Å². The summed E-state index contributed by atoms with van der Waals surface area (Å²) in [7, 11) is 0. The van der Waals surface area contributed by atoms with Crippen LogP contribution in [-0.2, 0) is 25.6 Å². The molecule has 5 rings (SSSR count). The van der Waals surface area contributed by atoms with Crippen LogP contribution in [0.4, 0.5) is 19.0 Å². The van der Waals surface area contributed by atoms with E-state index in [1.165, 1.54) is 11.0 Å². The molecule has 1 atom stereocenters. The van der Waals surface area contributed by atoms with Crippen LogP contribution in [0.15, 0.2) is 48.8 Å². The summed E-state index contributed by atoms with van der Waals surface area (Å²) in [4.78, 5) is 28.3. The number of aromatic nitrogens is 5. The molecule has 36 heavy (non-hydrogen) atoms. The first-order valence-electron chi connectivity index (χ1n) is 11.4. The molecule has 2 N–H and O–H groups in total. The molecule has 184 valence electrons. The van der Waals surface area contributed by atoms with E-state index in [0.717, 1.165) is 41.8 Å². The number of nitrogens with zero attached hydrogens (tertiary/aromatic N) is 6. The fourth-order valence-corrected chi connectivity index (χ4v) is 4.52. The fraction of sp³-hybridized carbons (Fsp3) is 0.280. The maximum Gasteiger partial charge on any atom is 0.435 e. The van der Waals surface area contributed by atoms with E-state index >= 15 is 0 Å². The highest BCUT2D eigenvalue weighted by Crippen LogP contribution is 2.33. The van der Waals surface area contributed by atoms with Crippen LogP contribution in [0.25, 0.3) is 10.9 Å². The SMILES string of the molecule is CC(c1ncccn1)N(Cc1ccc(C(F)(F)F)nn1)C(=O)c1ccc2nc(N)c3c(c2c1)CCC3. The maximum atomic E-state index is 13.8. The van der Waals surface area contributed by atoms with Crippen LogP contribution in [0.5, 0.6) is 0 Å². The topological polar surface area (TPSA) is 111 Å². The third kappa shape index (κ3) is 4.43. The van der Waals surface area contributed by atoms with Gasteiger partial charge in [0, 0.05) is 23.3 Å². The Morgan fingerprint density at radius 3 is 2.53 bits per heavy atom. The van der Waals surface area contributed by atoms with Crippen molar-refractivity contribution < 1.29 is 18.0 Å². The van der Waals surface area contributed by atoms with Crippen molar-refractivity contribution in [2.24, 2.45) is 0 Å². The van der Waals surface area contributed by atoms with E-state index in [9.17, 15) is 18.0 Å². The number of pyridine rings is 1. The highest BCUT2D eigenvalue weighted by atomic mass is 19.4. The number of benzene rings is 1. The molecule has 0 saturated heterocycles. The van der Waals surface area contributed by atoms with Crippen molar-refractivity contribution in [2.45, 2.75) is 44.9 Å². The van der Waals surface area contributed by atoms with Crippen LogP contribution in [0.2, 0.25) is 0 Å². The Balaban J connectivity index is 1.53. The van der Waals surface area contributed by atoms with Gasteiger partial charge in [-0.1, -0.05) is 0 Å². The third-order valence-corrected chi connectivity index (χ3v) is 6.37. The smallest absolute Gasteiger partial charge is 0.383 e. The van der Waals surface area contributed by atoms with E-state index in [-0.39, 0.29) is 18.1 Å². The van der Waals surface area contributed by atoms with Crippen LogP contribution >= 0.6 is 0 Å². The van der Waals surface area contributed by atoms with E-state index in [1.54, 1.807) is 43.6 Å². The van der Waals surface area contributed by atoms with Gasteiger partial charge < -0.3 is 10.6 Å². The van der Waals surface area contributed by atoms with Crippen molar-refractivity contribution in [3.8, 4) is 0 Å². The summed E-state index contributed by atoms with van der Waals surface area (Å²) in [5.41, 5.74) is 8.48. The molecule has 8 nitrogen and oxygen atoms in total. The monoisotopic (exact) mass is 493 g/mol. The molecule has 4 aromatic rings. The van der Waals surface area contributed by atoms with Crippen molar-refractivity contribution >= 4 is 22.6 Å². The molecule has 0 bridgehead atoms. The maximum absolute atomic E-state index is 13.8. The number of alkyl halides is 3. The first-order chi connectivity index (χ1) is 17.2. The molecule has 1 aromatic carbocycles. The lowest BCUT2D eigenvalue weighted by atomic mass is 10.0. The molecule has 1 unspecified atom stereocenters. The number of hydrogen-bond acceptors (Lipinski definition) is 7. The number of halogens is 3. The Kier molecular flexibility index (Phi) is 5.99. The van der Waals surface area contributed by atoms with Gasteiger partial charge in [-0.2, -0.15) is 18.3 Å². The van der Waals surface area contributed by atoms with Crippen molar-refractivity contribution in [3.05, 3.63) is 82.7 Å². The summed E-state index contributed by atoms with van der Waals surface area (Å²) < 4.78 is 38.8. The molecule has 0 aliphatic heterocycles. The lowest BCUT2D eigenvalue weighted by molar-refractivity contribution is -0.141. The molecule has 1 amide bonds. The second-order valence-corrected chi connectivity index (χ2v) is 8.66. The summed E-state index contributed by atoms with van der Waals surface area (Å²) in [6.07, 6.45) is 1.21. The second-order valence-electron chi connectivity index (χ2n) is 8.66. The second kappa shape index (κ2) is 9.14. The summed E-state index contributed by atoms with van der Waals surface area (Å²) >= 11 is 0. The third-order valence-electron chi connectivity index (χ3n) is 6.37. The zero-order valence-electron chi connectivity index (χ0n) is 19.3. The van der Waals surface area contributed by atoms with Crippen LogP contribution in [0.3, 0.4) is 0 Å². The highest BCUT2D eigenvalue weighted by Gasteiger charge is 2.33. The van der Waals surface area contributed by atoms with E-state index in [2.05, 4.69) is 25.1 Å². The van der Waals surface area contributed by atoms with Gasteiger partial charge in [-0.05, 0) is 73.7 Å². The Morgan fingerprint density at radius 2 is 1.83 bits per heavy atom. The number of nitrogens with two attached hydrogens (primary N) is 1. The summed E-state index contributed by atoms with van der Waals surface area (Å²) in [5.74, 6) is 0.565.